The van der Waals surface area contributed by atoms with Crippen LogP contribution in [0.3, 0.4) is 0 Å². The van der Waals surface area contributed by atoms with Crippen LogP contribution in [0.15, 0.2) is 30.5 Å². The number of methoxy groups -OCH3 is 1. The highest BCUT2D eigenvalue weighted by atomic mass is 16.5. The van der Waals surface area contributed by atoms with Gasteiger partial charge in [-0.05, 0) is 23.6 Å². The Hall–Kier alpha value is -1.81. The lowest BCUT2D eigenvalue weighted by atomic mass is 10.1. The number of hydrogen-bond donors (Lipinski definition) is 1. The molecule has 96 valence electrons. The van der Waals surface area contributed by atoms with E-state index in [9.17, 15) is 4.79 Å². The maximum absolute atomic E-state index is 11.4. The van der Waals surface area contributed by atoms with Gasteiger partial charge in [0.25, 0.3) is 0 Å². The minimum Gasteiger partial charge on any atom is -0.468 e. The van der Waals surface area contributed by atoms with Crippen LogP contribution in [-0.4, -0.2) is 24.2 Å². The molecule has 18 heavy (non-hydrogen) atoms. The van der Waals surface area contributed by atoms with Gasteiger partial charge in [-0.1, -0.05) is 25.1 Å². The first-order chi connectivity index (χ1) is 8.76. The Kier molecular flexibility index (Phi) is 3.99. The molecule has 0 bridgehead atoms. The standard InChI is InChI=1S/C14H18N2O2/c1-3-15-9-12-6-4-5-11-7-8-16(14(11)12)10-13(17)18-2/h4-8,15H,3,9-10H2,1-2H3. The van der Waals surface area contributed by atoms with E-state index in [0.717, 1.165) is 24.0 Å². The molecule has 0 amide bonds. The molecule has 0 radical (unpaired) electrons. The number of hydrogen-bond acceptors (Lipinski definition) is 3. The number of esters is 1. The van der Waals surface area contributed by atoms with E-state index in [4.69, 9.17) is 4.74 Å². The summed E-state index contributed by atoms with van der Waals surface area (Å²) >= 11 is 0. The van der Waals surface area contributed by atoms with Crippen molar-refractivity contribution < 1.29 is 9.53 Å². The Morgan fingerprint density at radius 3 is 2.94 bits per heavy atom. The molecule has 0 aliphatic heterocycles. The van der Waals surface area contributed by atoms with Gasteiger partial charge in [0.15, 0.2) is 0 Å². The molecule has 0 atom stereocenters. The van der Waals surface area contributed by atoms with Crippen LogP contribution in [-0.2, 0) is 22.6 Å². The number of nitrogens with zero attached hydrogens (tertiary/aromatic N) is 1. The second-order valence-corrected chi connectivity index (χ2v) is 4.16. The Balaban J connectivity index is 2.38. The molecule has 2 rings (SSSR count). The van der Waals surface area contributed by atoms with E-state index in [1.165, 1.54) is 12.7 Å². The fourth-order valence-electron chi connectivity index (χ4n) is 2.08. The van der Waals surface area contributed by atoms with Gasteiger partial charge in [-0.15, -0.1) is 0 Å². The molecular formula is C14H18N2O2. The van der Waals surface area contributed by atoms with Crippen molar-refractivity contribution in [3.63, 3.8) is 0 Å². The van der Waals surface area contributed by atoms with Crippen LogP contribution in [0.2, 0.25) is 0 Å². The Morgan fingerprint density at radius 2 is 2.22 bits per heavy atom. The summed E-state index contributed by atoms with van der Waals surface area (Å²) in [5.74, 6) is -0.231. The number of ether oxygens (including phenoxy) is 1. The minimum atomic E-state index is -0.231. The number of carbonyl (C=O) groups excluding carboxylic acids is 1. The Morgan fingerprint density at radius 1 is 1.39 bits per heavy atom. The molecule has 0 aliphatic rings. The molecule has 0 unspecified atom stereocenters. The molecular weight excluding hydrogens is 228 g/mol. The third kappa shape index (κ3) is 2.54. The van der Waals surface area contributed by atoms with Crippen molar-refractivity contribution >= 4 is 16.9 Å². The molecule has 0 saturated heterocycles. The van der Waals surface area contributed by atoms with E-state index >= 15 is 0 Å². The summed E-state index contributed by atoms with van der Waals surface area (Å²) in [5.41, 5.74) is 2.30. The molecule has 0 spiro atoms. The lowest BCUT2D eigenvalue weighted by Gasteiger charge is -2.09. The summed E-state index contributed by atoms with van der Waals surface area (Å²) < 4.78 is 6.66. The van der Waals surface area contributed by atoms with Crippen LogP contribution in [0.1, 0.15) is 12.5 Å². The van der Waals surface area contributed by atoms with Crippen molar-refractivity contribution in [3.05, 3.63) is 36.0 Å². The summed E-state index contributed by atoms with van der Waals surface area (Å²) in [6, 6.07) is 8.20. The number of aromatic nitrogens is 1. The van der Waals surface area contributed by atoms with Crippen LogP contribution >= 0.6 is 0 Å². The van der Waals surface area contributed by atoms with Crippen LogP contribution in [0.5, 0.6) is 0 Å². The van der Waals surface area contributed by atoms with Crippen LogP contribution in [0.4, 0.5) is 0 Å². The van der Waals surface area contributed by atoms with E-state index in [-0.39, 0.29) is 12.5 Å². The second kappa shape index (κ2) is 5.69. The van der Waals surface area contributed by atoms with Crippen molar-refractivity contribution in [1.82, 2.24) is 9.88 Å². The molecule has 0 aliphatic carbocycles. The van der Waals surface area contributed by atoms with E-state index in [1.54, 1.807) is 0 Å². The SMILES string of the molecule is CCNCc1cccc2ccn(CC(=O)OC)c12. The number of nitrogens with one attached hydrogen (secondary N) is 1. The largest absolute Gasteiger partial charge is 0.468 e. The highest BCUT2D eigenvalue weighted by Crippen LogP contribution is 2.20. The van der Waals surface area contributed by atoms with Crippen molar-refractivity contribution in [2.45, 2.75) is 20.0 Å². The molecule has 2 aromatic rings. The number of carbonyl (C=O) groups is 1. The third-order valence-electron chi connectivity index (χ3n) is 2.96. The summed E-state index contributed by atoms with van der Waals surface area (Å²) in [6.07, 6.45) is 1.93. The topological polar surface area (TPSA) is 43.3 Å². The zero-order valence-corrected chi connectivity index (χ0v) is 10.8. The van der Waals surface area contributed by atoms with Gasteiger partial charge in [-0.2, -0.15) is 0 Å². The van der Waals surface area contributed by atoms with E-state index in [0.29, 0.717) is 0 Å². The number of para-hydroxylation sites is 1. The van der Waals surface area contributed by atoms with Crippen LogP contribution in [0, 0.1) is 0 Å². The maximum atomic E-state index is 11.4. The fourth-order valence-corrected chi connectivity index (χ4v) is 2.08. The first-order valence-corrected chi connectivity index (χ1v) is 6.10. The lowest BCUT2D eigenvalue weighted by Crippen LogP contribution is -2.14. The van der Waals surface area contributed by atoms with Crippen molar-refractivity contribution in [3.8, 4) is 0 Å². The normalized spacial score (nSPS) is 10.8. The molecule has 1 aromatic heterocycles. The number of rotatable bonds is 5. The first kappa shape index (κ1) is 12.6. The number of fused-ring (bicyclic) bond motifs is 1. The van der Waals surface area contributed by atoms with E-state index in [2.05, 4.69) is 24.4 Å². The Labute approximate surface area is 107 Å². The molecule has 0 saturated carbocycles. The summed E-state index contributed by atoms with van der Waals surface area (Å²) in [5, 5.41) is 4.46. The average Bonchev–Trinajstić information content (AvgIpc) is 2.80. The molecule has 4 nitrogen and oxygen atoms in total. The molecule has 1 heterocycles. The average molecular weight is 246 g/mol. The lowest BCUT2D eigenvalue weighted by molar-refractivity contribution is -0.141. The summed E-state index contributed by atoms with van der Waals surface area (Å²) in [4.78, 5) is 11.4. The van der Waals surface area contributed by atoms with Crippen molar-refractivity contribution in [2.75, 3.05) is 13.7 Å². The van der Waals surface area contributed by atoms with E-state index in [1.807, 2.05) is 22.9 Å². The predicted octanol–water partition coefficient (Wildman–Crippen LogP) is 1.92. The van der Waals surface area contributed by atoms with Gasteiger partial charge in [-0.3, -0.25) is 4.79 Å². The second-order valence-electron chi connectivity index (χ2n) is 4.16. The van der Waals surface area contributed by atoms with Gasteiger partial charge in [0.2, 0.25) is 0 Å². The van der Waals surface area contributed by atoms with E-state index < -0.39 is 0 Å². The Bertz CT molecular complexity index is 546. The quantitative estimate of drug-likeness (QED) is 0.820. The first-order valence-electron chi connectivity index (χ1n) is 6.10. The molecule has 1 aromatic carbocycles. The van der Waals surface area contributed by atoms with Gasteiger partial charge < -0.3 is 14.6 Å². The molecule has 0 fully saturated rings. The van der Waals surface area contributed by atoms with Crippen molar-refractivity contribution in [2.24, 2.45) is 0 Å². The number of benzene rings is 1. The van der Waals surface area contributed by atoms with Gasteiger partial charge in [-0.25, -0.2) is 0 Å². The predicted molar refractivity (Wildman–Crippen MR) is 71.3 cm³/mol. The smallest absolute Gasteiger partial charge is 0.325 e. The van der Waals surface area contributed by atoms with Crippen LogP contribution in [0.25, 0.3) is 10.9 Å². The molecule has 4 heteroatoms. The van der Waals surface area contributed by atoms with Gasteiger partial charge in [0, 0.05) is 12.7 Å². The summed E-state index contributed by atoms with van der Waals surface area (Å²) in [7, 11) is 1.41. The third-order valence-corrected chi connectivity index (χ3v) is 2.96. The molecule has 1 N–H and O–H groups in total. The fraction of sp³-hybridized carbons (Fsp3) is 0.357. The van der Waals surface area contributed by atoms with Crippen LogP contribution < -0.4 is 5.32 Å². The highest BCUT2D eigenvalue weighted by molar-refractivity contribution is 5.84. The summed E-state index contributed by atoms with van der Waals surface area (Å²) in [6.45, 7) is 4.06. The highest BCUT2D eigenvalue weighted by Gasteiger charge is 2.09. The monoisotopic (exact) mass is 246 g/mol. The maximum Gasteiger partial charge on any atom is 0.325 e. The van der Waals surface area contributed by atoms with Gasteiger partial charge in [0.05, 0.1) is 12.6 Å². The zero-order valence-electron chi connectivity index (χ0n) is 10.8. The van der Waals surface area contributed by atoms with Gasteiger partial charge >= 0.3 is 5.97 Å². The minimum absolute atomic E-state index is 0.231. The zero-order chi connectivity index (χ0) is 13.0. The van der Waals surface area contributed by atoms with Gasteiger partial charge in [0.1, 0.15) is 6.54 Å². The van der Waals surface area contributed by atoms with Crippen molar-refractivity contribution in [1.29, 1.82) is 0 Å².